The molecule has 0 radical (unpaired) electrons. The Hall–Kier alpha value is -3.37. The zero-order valence-corrected chi connectivity index (χ0v) is 20.8. The number of nitrogens with one attached hydrogen (secondary N) is 1. The van der Waals surface area contributed by atoms with Crippen molar-refractivity contribution < 1.29 is 14.6 Å². The number of aliphatic hydroxyl groups is 1. The van der Waals surface area contributed by atoms with Gasteiger partial charge in [0.05, 0.1) is 42.6 Å². The van der Waals surface area contributed by atoms with E-state index < -0.39 is 12.5 Å². The van der Waals surface area contributed by atoms with Crippen LogP contribution in [0.25, 0.3) is 21.8 Å². The molecule has 0 spiro atoms. The molecule has 1 saturated heterocycles. The molecule has 2 N–H and O–H groups in total. The van der Waals surface area contributed by atoms with Gasteiger partial charge in [-0.05, 0) is 30.3 Å². The van der Waals surface area contributed by atoms with Crippen LogP contribution in [0.2, 0.25) is 10.0 Å². The van der Waals surface area contributed by atoms with Crippen molar-refractivity contribution in [2.75, 3.05) is 32.8 Å². The zero-order chi connectivity index (χ0) is 25.5. The number of hydrogen-bond acceptors (Lipinski definition) is 5. The second-order valence-electron chi connectivity index (χ2n) is 7.89. The third kappa shape index (κ3) is 5.88. The van der Waals surface area contributed by atoms with E-state index >= 15 is 0 Å². The van der Waals surface area contributed by atoms with Crippen molar-refractivity contribution in [1.29, 1.82) is 0 Å². The molecule has 1 aromatic heterocycles. The summed E-state index contributed by atoms with van der Waals surface area (Å²) in [4.78, 5) is 16.5. The number of carbonyl (C=O) groups excluding carboxylic acids is 1. The number of amides is 1. The van der Waals surface area contributed by atoms with E-state index in [0.717, 1.165) is 11.1 Å². The lowest BCUT2D eigenvalue weighted by molar-refractivity contribution is 0.0124. The van der Waals surface area contributed by atoms with Crippen LogP contribution >= 0.6 is 23.2 Å². The zero-order valence-electron chi connectivity index (χ0n) is 19.3. The summed E-state index contributed by atoms with van der Waals surface area (Å²) in [5.74, 6) is 5.57. The Labute approximate surface area is 219 Å². The number of halogens is 2. The Bertz CT molecular complexity index is 1350. The number of hydrogen-bond donors (Lipinski definition) is 2. The molecule has 1 aliphatic rings. The molecule has 184 valence electrons. The molecule has 0 atom stereocenters. The lowest BCUT2D eigenvalue weighted by Gasteiger charge is -2.26. The van der Waals surface area contributed by atoms with Gasteiger partial charge in [-0.15, -0.1) is 0 Å². The Morgan fingerprint density at radius 3 is 2.61 bits per heavy atom. The van der Waals surface area contributed by atoms with Gasteiger partial charge in [0.1, 0.15) is 0 Å². The van der Waals surface area contributed by atoms with Crippen LogP contribution in [0.4, 0.5) is 0 Å². The summed E-state index contributed by atoms with van der Waals surface area (Å²) in [7, 11) is 0. The fraction of sp³-hybridized carbons (Fsp3) is 0.269. The third-order valence-electron chi connectivity index (χ3n) is 5.51. The number of nitrogens with zero attached hydrogens (tertiary/aromatic N) is 4. The van der Waals surface area contributed by atoms with Gasteiger partial charge in [0.15, 0.2) is 5.69 Å². The molecular formula is C26H23Cl2N5O3. The monoisotopic (exact) mass is 523 g/mol. The van der Waals surface area contributed by atoms with Crippen LogP contribution in [0, 0.1) is 18.4 Å². The summed E-state index contributed by atoms with van der Waals surface area (Å²) in [5.41, 5.74) is 5.85. The van der Waals surface area contributed by atoms with Crippen LogP contribution in [0.15, 0.2) is 42.5 Å². The van der Waals surface area contributed by atoms with E-state index in [9.17, 15) is 9.90 Å². The van der Waals surface area contributed by atoms with Crippen LogP contribution in [0.3, 0.4) is 0 Å². The average molecular weight is 524 g/mol. The summed E-state index contributed by atoms with van der Waals surface area (Å²) >= 11 is 12.6. The first-order valence-electron chi connectivity index (χ1n) is 11.3. The second kappa shape index (κ2) is 12.0. The minimum absolute atomic E-state index is 0.0908. The van der Waals surface area contributed by atoms with Gasteiger partial charge in [0.2, 0.25) is 6.54 Å². The molecular weight excluding hydrogens is 501 g/mol. The predicted octanol–water partition coefficient (Wildman–Crippen LogP) is 3.98. The van der Waals surface area contributed by atoms with Crippen molar-refractivity contribution in [1.82, 2.24) is 20.2 Å². The standard InChI is InChI=1S/C26H23Cl2N5O3/c1-29-11-3-2-4-18-5-7-19(8-6-18)25-21(17-34)24(26(35)31-32-12-14-36-15-13-32)30-33(25)23-10-9-20(27)16-22(23)28/h5-10,16,34H,3,11-15,17H2,(H,31,35). The topological polar surface area (TPSA) is 84.0 Å². The first-order chi connectivity index (χ1) is 17.5. The van der Waals surface area contributed by atoms with Crippen molar-refractivity contribution in [3.63, 3.8) is 0 Å². The second-order valence-corrected chi connectivity index (χ2v) is 8.74. The van der Waals surface area contributed by atoms with E-state index in [1.54, 1.807) is 27.9 Å². The predicted molar refractivity (Wildman–Crippen MR) is 138 cm³/mol. The fourth-order valence-electron chi connectivity index (χ4n) is 3.77. The van der Waals surface area contributed by atoms with E-state index in [4.69, 9.17) is 34.5 Å². The van der Waals surface area contributed by atoms with Gasteiger partial charge >= 0.3 is 0 Å². The van der Waals surface area contributed by atoms with E-state index in [-0.39, 0.29) is 5.69 Å². The number of ether oxygens (including phenoxy) is 1. The van der Waals surface area contributed by atoms with Crippen LogP contribution in [-0.4, -0.2) is 58.7 Å². The molecule has 8 nitrogen and oxygen atoms in total. The smallest absolute Gasteiger partial charge is 0.286 e. The van der Waals surface area contributed by atoms with Gasteiger partial charge in [0.25, 0.3) is 5.91 Å². The van der Waals surface area contributed by atoms with Crippen LogP contribution < -0.4 is 5.43 Å². The van der Waals surface area contributed by atoms with Gasteiger partial charge in [-0.25, -0.2) is 16.3 Å². The van der Waals surface area contributed by atoms with E-state index in [2.05, 4.69) is 27.2 Å². The third-order valence-corrected chi connectivity index (χ3v) is 6.04. The molecule has 3 aromatic rings. The molecule has 4 rings (SSSR count). The summed E-state index contributed by atoms with van der Waals surface area (Å²) in [6.07, 6.45) is 0.503. The number of hydrazine groups is 1. The van der Waals surface area contributed by atoms with Crippen LogP contribution in [0.5, 0.6) is 0 Å². The normalized spacial score (nSPS) is 13.5. The number of aromatic nitrogens is 2. The number of carbonyl (C=O) groups is 1. The highest BCUT2D eigenvalue weighted by molar-refractivity contribution is 6.35. The SMILES string of the molecule is [C-]#[N+]CCC#Cc1ccc(-c2c(CO)c(C(=O)NN3CCOCC3)nn2-c2ccc(Cl)cc2Cl)cc1. The molecule has 0 bridgehead atoms. The lowest BCUT2D eigenvalue weighted by Crippen LogP contribution is -2.48. The molecule has 0 aliphatic carbocycles. The van der Waals surface area contributed by atoms with Crippen LogP contribution in [0.1, 0.15) is 28.0 Å². The summed E-state index contributed by atoms with van der Waals surface area (Å²) in [6.45, 7) is 8.92. The minimum Gasteiger partial charge on any atom is -0.392 e. The summed E-state index contributed by atoms with van der Waals surface area (Å²) in [6, 6.07) is 12.4. The first kappa shape index (κ1) is 25.7. The molecule has 0 saturated carbocycles. The van der Waals surface area contributed by atoms with E-state index in [0.29, 0.717) is 66.3 Å². The van der Waals surface area contributed by atoms with Crippen molar-refractivity contribution in [3.05, 3.63) is 80.7 Å². The Kier molecular flexibility index (Phi) is 8.61. The van der Waals surface area contributed by atoms with E-state index in [1.807, 2.05) is 24.3 Å². The maximum Gasteiger partial charge on any atom is 0.286 e. The quantitative estimate of drug-likeness (QED) is 0.290. The Balaban J connectivity index is 1.77. The van der Waals surface area contributed by atoms with Gasteiger partial charge in [-0.2, -0.15) is 5.10 Å². The van der Waals surface area contributed by atoms with Crippen molar-refractivity contribution in [2.45, 2.75) is 13.0 Å². The molecule has 1 fully saturated rings. The number of rotatable bonds is 6. The number of benzene rings is 2. The highest BCUT2D eigenvalue weighted by atomic mass is 35.5. The highest BCUT2D eigenvalue weighted by Gasteiger charge is 2.26. The summed E-state index contributed by atoms with van der Waals surface area (Å²) < 4.78 is 6.89. The maximum absolute atomic E-state index is 13.2. The first-order valence-corrected chi connectivity index (χ1v) is 12.0. The number of aliphatic hydroxyl groups excluding tert-OH is 1. The van der Waals surface area contributed by atoms with Gasteiger partial charge in [-0.1, -0.05) is 47.2 Å². The largest absolute Gasteiger partial charge is 0.392 e. The fourth-order valence-corrected chi connectivity index (χ4v) is 4.25. The van der Waals surface area contributed by atoms with Gasteiger partial charge < -0.3 is 14.7 Å². The van der Waals surface area contributed by atoms with Crippen LogP contribution in [-0.2, 0) is 11.3 Å². The summed E-state index contributed by atoms with van der Waals surface area (Å²) in [5, 5.41) is 17.5. The number of morpholine rings is 1. The van der Waals surface area contributed by atoms with Crippen molar-refractivity contribution in [3.8, 4) is 28.8 Å². The molecule has 2 aromatic carbocycles. The maximum atomic E-state index is 13.2. The molecule has 36 heavy (non-hydrogen) atoms. The Morgan fingerprint density at radius 1 is 1.19 bits per heavy atom. The highest BCUT2D eigenvalue weighted by Crippen LogP contribution is 2.33. The minimum atomic E-state index is -0.437. The average Bonchev–Trinajstić information content (AvgIpc) is 3.27. The Morgan fingerprint density at radius 2 is 1.94 bits per heavy atom. The lowest BCUT2D eigenvalue weighted by atomic mass is 10.0. The van der Waals surface area contributed by atoms with E-state index in [1.165, 1.54) is 0 Å². The molecule has 10 heteroatoms. The van der Waals surface area contributed by atoms with Gasteiger partial charge in [0, 0.05) is 34.8 Å². The molecule has 0 unspecified atom stereocenters. The molecule has 1 amide bonds. The molecule has 1 aliphatic heterocycles. The van der Waals surface area contributed by atoms with Crippen molar-refractivity contribution in [2.24, 2.45) is 0 Å². The van der Waals surface area contributed by atoms with Crippen molar-refractivity contribution >= 4 is 29.1 Å². The van der Waals surface area contributed by atoms with Gasteiger partial charge in [-0.3, -0.25) is 10.2 Å². The molecule has 2 heterocycles.